The zero-order valence-corrected chi connectivity index (χ0v) is 9.96. The van der Waals surface area contributed by atoms with Crippen molar-refractivity contribution in [1.82, 2.24) is 10.2 Å². The first-order valence-corrected chi connectivity index (χ1v) is 6.37. The van der Waals surface area contributed by atoms with Crippen molar-refractivity contribution in [3.63, 3.8) is 0 Å². The second-order valence-corrected chi connectivity index (χ2v) is 5.50. The van der Waals surface area contributed by atoms with Crippen LogP contribution in [0.5, 0.6) is 0 Å². The summed E-state index contributed by atoms with van der Waals surface area (Å²) in [6, 6.07) is 0.261. The number of alkyl halides is 2. The highest BCUT2D eigenvalue weighted by atomic mass is 19.3. The molecule has 1 heterocycles. The van der Waals surface area contributed by atoms with Crippen molar-refractivity contribution < 1.29 is 8.78 Å². The summed E-state index contributed by atoms with van der Waals surface area (Å²) in [7, 11) is 0. The van der Waals surface area contributed by atoms with Gasteiger partial charge in [0.05, 0.1) is 6.54 Å². The smallest absolute Gasteiger partial charge is 0.250 e. The zero-order chi connectivity index (χ0) is 11.5. The fourth-order valence-electron chi connectivity index (χ4n) is 2.68. The van der Waals surface area contributed by atoms with E-state index in [2.05, 4.69) is 17.1 Å². The van der Waals surface area contributed by atoms with Crippen LogP contribution in [0.4, 0.5) is 8.78 Å². The van der Waals surface area contributed by atoms with Crippen molar-refractivity contribution in [2.45, 2.75) is 38.7 Å². The number of hydrogen-bond acceptors (Lipinski definition) is 2. The van der Waals surface area contributed by atoms with Crippen molar-refractivity contribution in [3.8, 4) is 0 Å². The van der Waals surface area contributed by atoms with Gasteiger partial charge in [0.2, 0.25) is 0 Å². The van der Waals surface area contributed by atoms with E-state index in [1.165, 1.54) is 19.4 Å². The molecule has 0 aromatic rings. The van der Waals surface area contributed by atoms with Crippen LogP contribution < -0.4 is 5.32 Å². The van der Waals surface area contributed by atoms with E-state index in [9.17, 15) is 8.78 Å². The molecular formula is C12H22F2N2. The van der Waals surface area contributed by atoms with Gasteiger partial charge in [-0.1, -0.05) is 6.92 Å². The van der Waals surface area contributed by atoms with Crippen LogP contribution in [0, 0.1) is 11.8 Å². The summed E-state index contributed by atoms with van der Waals surface area (Å²) >= 11 is 0. The first-order valence-electron chi connectivity index (χ1n) is 6.37. The van der Waals surface area contributed by atoms with Crippen molar-refractivity contribution >= 4 is 0 Å². The molecule has 2 nitrogen and oxygen atoms in total. The van der Waals surface area contributed by atoms with Gasteiger partial charge in [-0.05, 0) is 31.1 Å². The Kier molecular flexibility index (Phi) is 4.14. The van der Waals surface area contributed by atoms with Gasteiger partial charge in [0, 0.05) is 25.7 Å². The molecule has 1 aliphatic heterocycles. The lowest BCUT2D eigenvalue weighted by Gasteiger charge is -2.37. The van der Waals surface area contributed by atoms with E-state index < -0.39 is 6.43 Å². The molecule has 2 atom stereocenters. The lowest BCUT2D eigenvalue weighted by Crippen LogP contribution is -2.50. The first kappa shape index (κ1) is 12.2. The highest BCUT2D eigenvalue weighted by Gasteiger charge is 2.29. The Balaban J connectivity index is 1.74. The third-order valence-electron chi connectivity index (χ3n) is 3.51. The lowest BCUT2D eigenvalue weighted by molar-refractivity contribution is 0.110. The third kappa shape index (κ3) is 3.98. The Labute approximate surface area is 96.4 Å². The Bertz CT molecular complexity index is 217. The molecule has 0 amide bonds. The van der Waals surface area contributed by atoms with Gasteiger partial charge in [-0.25, -0.2) is 8.78 Å². The molecule has 0 aromatic carbocycles. The minimum atomic E-state index is -2.23. The summed E-state index contributed by atoms with van der Waals surface area (Å²) in [5, 5.41) is 2.98. The fourth-order valence-corrected chi connectivity index (χ4v) is 2.68. The van der Waals surface area contributed by atoms with Crippen LogP contribution in [0.2, 0.25) is 0 Å². The van der Waals surface area contributed by atoms with Crippen LogP contribution in [0.25, 0.3) is 0 Å². The van der Waals surface area contributed by atoms with Crippen LogP contribution in [0.1, 0.15) is 26.2 Å². The predicted molar refractivity (Wildman–Crippen MR) is 60.7 cm³/mol. The SMILES string of the molecule is CC1CC(NCC(F)F)CN(CC2CC2)C1. The van der Waals surface area contributed by atoms with E-state index in [0.717, 1.165) is 25.4 Å². The van der Waals surface area contributed by atoms with Gasteiger partial charge < -0.3 is 10.2 Å². The highest BCUT2D eigenvalue weighted by molar-refractivity contribution is 4.85. The molecule has 0 radical (unpaired) electrons. The zero-order valence-electron chi connectivity index (χ0n) is 9.96. The first-order chi connectivity index (χ1) is 7.63. The topological polar surface area (TPSA) is 15.3 Å². The third-order valence-corrected chi connectivity index (χ3v) is 3.51. The second-order valence-electron chi connectivity index (χ2n) is 5.50. The summed E-state index contributed by atoms with van der Waals surface area (Å²) < 4.78 is 24.3. The maximum atomic E-state index is 12.1. The molecule has 1 saturated heterocycles. The molecular weight excluding hydrogens is 210 g/mol. The lowest BCUT2D eigenvalue weighted by atomic mass is 9.95. The normalized spacial score (nSPS) is 32.2. The minimum absolute atomic E-state index is 0.158. The maximum Gasteiger partial charge on any atom is 0.250 e. The summed E-state index contributed by atoms with van der Waals surface area (Å²) in [5.41, 5.74) is 0. The molecule has 2 rings (SSSR count). The number of nitrogens with one attached hydrogen (secondary N) is 1. The number of piperidine rings is 1. The van der Waals surface area contributed by atoms with E-state index >= 15 is 0 Å². The quantitative estimate of drug-likeness (QED) is 0.779. The Morgan fingerprint density at radius 3 is 2.69 bits per heavy atom. The molecule has 0 bridgehead atoms. The molecule has 16 heavy (non-hydrogen) atoms. The molecule has 4 heteroatoms. The van der Waals surface area contributed by atoms with Gasteiger partial charge in [0.1, 0.15) is 0 Å². The van der Waals surface area contributed by atoms with Gasteiger partial charge >= 0.3 is 0 Å². The largest absolute Gasteiger partial charge is 0.307 e. The van der Waals surface area contributed by atoms with Crippen molar-refractivity contribution in [2.75, 3.05) is 26.2 Å². The van der Waals surface area contributed by atoms with E-state index in [-0.39, 0.29) is 12.6 Å². The molecule has 1 saturated carbocycles. The van der Waals surface area contributed by atoms with Crippen LogP contribution in [-0.4, -0.2) is 43.5 Å². The Hall–Kier alpha value is -0.220. The van der Waals surface area contributed by atoms with Gasteiger partial charge in [0.25, 0.3) is 6.43 Å². The molecule has 2 fully saturated rings. The second kappa shape index (κ2) is 5.41. The predicted octanol–water partition coefficient (Wildman–Crippen LogP) is 1.96. The van der Waals surface area contributed by atoms with Gasteiger partial charge in [-0.15, -0.1) is 0 Å². The van der Waals surface area contributed by atoms with Gasteiger partial charge in [0.15, 0.2) is 0 Å². The van der Waals surface area contributed by atoms with Crippen LogP contribution >= 0.6 is 0 Å². The van der Waals surface area contributed by atoms with Gasteiger partial charge in [-0.2, -0.15) is 0 Å². The van der Waals surface area contributed by atoms with Gasteiger partial charge in [-0.3, -0.25) is 0 Å². The summed E-state index contributed by atoms with van der Waals surface area (Å²) in [5.74, 6) is 1.52. The molecule has 0 spiro atoms. The Morgan fingerprint density at radius 2 is 2.06 bits per heavy atom. The fraction of sp³-hybridized carbons (Fsp3) is 1.00. The minimum Gasteiger partial charge on any atom is -0.307 e. The van der Waals surface area contributed by atoms with E-state index in [4.69, 9.17) is 0 Å². The number of hydrogen-bond donors (Lipinski definition) is 1. The summed E-state index contributed by atoms with van der Waals surface area (Å²) in [4.78, 5) is 2.45. The molecule has 1 N–H and O–H groups in total. The van der Waals surface area contributed by atoms with Crippen molar-refractivity contribution in [3.05, 3.63) is 0 Å². The summed E-state index contributed by atoms with van der Waals surface area (Å²) in [6.07, 6.45) is 1.53. The van der Waals surface area contributed by atoms with Crippen LogP contribution in [0.15, 0.2) is 0 Å². The average molecular weight is 232 g/mol. The standard InChI is InChI=1S/C12H22F2N2/c1-9-4-11(15-5-12(13)14)8-16(6-9)7-10-2-3-10/h9-12,15H,2-8H2,1H3. The van der Waals surface area contributed by atoms with E-state index in [0.29, 0.717) is 5.92 Å². The van der Waals surface area contributed by atoms with Crippen molar-refractivity contribution in [1.29, 1.82) is 0 Å². The van der Waals surface area contributed by atoms with Crippen LogP contribution in [-0.2, 0) is 0 Å². The molecule has 2 aliphatic rings. The highest BCUT2D eigenvalue weighted by Crippen LogP contribution is 2.31. The van der Waals surface area contributed by atoms with E-state index in [1.54, 1.807) is 0 Å². The van der Waals surface area contributed by atoms with Crippen LogP contribution in [0.3, 0.4) is 0 Å². The summed E-state index contributed by atoms with van der Waals surface area (Å²) in [6.45, 7) is 5.33. The maximum absolute atomic E-state index is 12.1. The number of likely N-dealkylation sites (tertiary alicyclic amines) is 1. The van der Waals surface area contributed by atoms with Crippen molar-refractivity contribution in [2.24, 2.45) is 11.8 Å². The van der Waals surface area contributed by atoms with E-state index in [1.807, 2.05) is 0 Å². The number of halogens is 2. The molecule has 2 unspecified atom stereocenters. The Morgan fingerprint density at radius 1 is 1.31 bits per heavy atom. The average Bonchev–Trinajstić information content (AvgIpc) is 2.98. The molecule has 94 valence electrons. The number of rotatable bonds is 5. The molecule has 1 aliphatic carbocycles. The monoisotopic (exact) mass is 232 g/mol. The molecule has 0 aromatic heterocycles. The number of nitrogens with zero attached hydrogens (tertiary/aromatic N) is 1.